The summed E-state index contributed by atoms with van der Waals surface area (Å²) in [6, 6.07) is 0. The molecular formula is C8H18N4S. The first kappa shape index (κ1) is 10.7. The molecule has 1 fully saturated rings. The molecule has 3 N–H and O–H groups in total. The highest BCUT2D eigenvalue weighted by Gasteiger charge is 2.12. The van der Waals surface area contributed by atoms with Crippen LogP contribution in [-0.2, 0) is 0 Å². The van der Waals surface area contributed by atoms with E-state index in [0.717, 1.165) is 39.3 Å². The second-order valence-corrected chi connectivity index (χ2v) is 3.88. The van der Waals surface area contributed by atoms with Crippen LogP contribution in [0.25, 0.3) is 0 Å². The second-order valence-electron chi connectivity index (χ2n) is 3.44. The standard InChI is InChI=1S/C8H18N4S/c1-11-4-6-12(7-5-11)3-2-10-8(9)13/h2-7H2,1H3,(H3,9,10,13). The highest BCUT2D eigenvalue weighted by Crippen LogP contribution is 1.97. The van der Waals surface area contributed by atoms with E-state index in [0.29, 0.717) is 5.11 Å². The summed E-state index contributed by atoms with van der Waals surface area (Å²) in [5, 5.41) is 3.36. The summed E-state index contributed by atoms with van der Waals surface area (Å²) >= 11 is 4.72. The number of likely N-dealkylation sites (N-methyl/N-ethyl adjacent to an activating group) is 1. The quantitative estimate of drug-likeness (QED) is 0.579. The third kappa shape index (κ3) is 4.40. The van der Waals surface area contributed by atoms with Crippen LogP contribution in [0.15, 0.2) is 0 Å². The molecule has 0 aliphatic carbocycles. The van der Waals surface area contributed by atoms with Gasteiger partial charge in [-0.2, -0.15) is 0 Å². The molecule has 0 unspecified atom stereocenters. The third-order valence-corrected chi connectivity index (χ3v) is 2.47. The maximum atomic E-state index is 5.32. The van der Waals surface area contributed by atoms with Crippen molar-refractivity contribution in [1.29, 1.82) is 0 Å². The molecule has 0 saturated carbocycles. The Bertz CT molecular complexity index is 166. The monoisotopic (exact) mass is 202 g/mol. The van der Waals surface area contributed by atoms with Crippen molar-refractivity contribution < 1.29 is 0 Å². The van der Waals surface area contributed by atoms with Crippen LogP contribution >= 0.6 is 12.2 Å². The Balaban J connectivity index is 2.05. The van der Waals surface area contributed by atoms with E-state index in [2.05, 4.69) is 22.2 Å². The number of rotatable bonds is 3. The summed E-state index contributed by atoms with van der Waals surface area (Å²) in [6.45, 7) is 6.51. The van der Waals surface area contributed by atoms with Crippen LogP contribution in [-0.4, -0.2) is 61.2 Å². The first-order valence-corrected chi connectivity index (χ1v) is 5.03. The fraction of sp³-hybridized carbons (Fsp3) is 0.875. The molecule has 1 aliphatic heterocycles. The molecule has 4 nitrogen and oxygen atoms in total. The lowest BCUT2D eigenvalue weighted by molar-refractivity contribution is 0.156. The van der Waals surface area contributed by atoms with Gasteiger partial charge in [-0.15, -0.1) is 0 Å². The van der Waals surface area contributed by atoms with Crippen molar-refractivity contribution in [2.24, 2.45) is 5.73 Å². The van der Waals surface area contributed by atoms with Crippen LogP contribution in [0.1, 0.15) is 0 Å². The number of thiocarbonyl (C=S) groups is 1. The van der Waals surface area contributed by atoms with Gasteiger partial charge in [-0.1, -0.05) is 0 Å². The van der Waals surface area contributed by atoms with Gasteiger partial charge >= 0.3 is 0 Å². The Morgan fingerprint density at radius 3 is 2.54 bits per heavy atom. The fourth-order valence-corrected chi connectivity index (χ4v) is 1.51. The summed E-state index contributed by atoms with van der Waals surface area (Å²) in [5.74, 6) is 0. The molecule has 13 heavy (non-hydrogen) atoms. The zero-order valence-electron chi connectivity index (χ0n) is 8.12. The average Bonchev–Trinajstić information content (AvgIpc) is 2.08. The van der Waals surface area contributed by atoms with Crippen molar-refractivity contribution in [3.63, 3.8) is 0 Å². The van der Waals surface area contributed by atoms with Gasteiger partial charge in [0, 0.05) is 39.3 Å². The lowest BCUT2D eigenvalue weighted by atomic mass is 10.3. The van der Waals surface area contributed by atoms with Crippen LogP contribution in [0.2, 0.25) is 0 Å². The van der Waals surface area contributed by atoms with Crippen molar-refractivity contribution in [2.75, 3.05) is 46.3 Å². The minimum atomic E-state index is 0.397. The average molecular weight is 202 g/mol. The molecule has 0 amide bonds. The van der Waals surface area contributed by atoms with Gasteiger partial charge in [0.05, 0.1) is 0 Å². The topological polar surface area (TPSA) is 44.5 Å². The minimum absolute atomic E-state index is 0.397. The predicted molar refractivity (Wildman–Crippen MR) is 58.7 cm³/mol. The molecule has 0 aromatic heterocycles. The molecule has 5 heteroatoms. The minimum Gasteiger partial charge on any atom is -0.376 e. The summed E-state index contributed by atoms with van der Waals surface area (Å²) < 4.78 is 0. The molecule has 0 aromatic carbocycles. The largest absolute Gasteiger partial charge is 0.376 e. The van der Waals surface area contributed by atoms with E-state index in [4.69, 9.17) is 18.0 Å². The van der Waals surface area contributed by atoms with E-state index >= 15 is 0 Å². The van der Waals surface area contributed by atoms with Gasteiger partial charge in [0.1, 0.15) is 0 Å². The molecule has 1 saturated heterocycles. The zero-order chi connectivity index (χ0) is 9.68. The van der Waals surface area contributed by atoms with Crippen LogP contribution in [0.4, 0.5) is 0 Å². The SMILES string of the molecule is CN1CCN(CCNC(N)=S)CC1. The van der Waals surface area contributed by atoms with Gasteiger partial charge in [0.25, 0.3) is 0 Å². The first-order valence-electron chi connectivity index (χ1n) is 4.62. The number of hydrogen-bond donors (Lipinski definition) is 2. The summed E-state index contributed by atoms with van der Waals surface area (Å²) in [6.07, 6.45) is 0. The lowest BCUT2D eigenvalue weighted by Gasteiger charge is -2.32. The van der Waals surface area contributed by atoms with Crippen molar-refractivity contribution in [2.45, 2.75) is 0 Å². The Morgan fingerprint density at radius 2 is 2.00 bits per heavy atom. The van der Waals surface area contributed by atoms with E-state index < -0.39 is 0 Å². The number of nitrogens with zero attached hydrogens (tertiary/aromatic N) is 2. The first-order chi connectivity index (χ1) is 6.18. The Morgan fingerprint density at radius 1 is 1.38 bits per heavy atom. The Labute approximate surface area is 85.1 Å². The Kier molecular flexibility index (Phi) is 4.41. The van der Waals surface area contributed by atoms with E-state index in [-0.39, 0.29) is 0 Å². The van der Waals surface area contributed by atoms with Crippen LogP contribution in [0.5, 0.6) is 0 Å². The van der Waals surface area contributed by atoms with Crippen LogP contribution in [0, 0.1) is 0 Å². The van der Waals surface area contributed by atoms with E-state index in [1.807, 2.05) is 0 Å². The highest BCUT2D eigenvalue weighted by atomic mass is 32.1. The van der Waals surface area contributed by atoms with Gasteiger partial charge in [0.2, 0.25) is 0 Å². The number of nitrogens with one attached hydrogen (secondary N) is 1. The summed E-state index contributed by atoms with van der Waals surface area (Å²) in [7, 11) is 2.16. The van der Waals surface area contributed by atoms with Gasteiger partial charge in [-0.05, 0) is 19.3 Å². The fourth-order valence-electron chi connectivity index (χ4n) is 1.41. The number of piperazine rings is 1. The number of hydrogen-bond acceptors (Lipinski definition) is 3. The molecule has 0 bridgehead atoms. The smallest absolute Gasteiger partial charge is 0.163 e. The van der Waals surface area contributed by atoms with Crippen molar-refractivity contribution in [3.05, 3.63) is 0 Å². The maximum absolute atomic E-state index is 5.32. The summed E-state index contributed by atoms with van der Waals surface area (Å²) in [5.41, 5.74) is 5.32. The van der Waals surface area contributed by atoms with Crippen LogP contribution in [0.3, 0.4) is 0 Å². The third-order valence-electron chi connectivity index (χ3n) is 2.32. The molecule has 1 aliphatic rings. The van der Waals surface area contributed by atoms with Crippen molar-refractivity contribution in [1.82, 2.24) is 15.1 Å². The van der Waals surface area contributed by atoms with Crippen LogP contribution < -0.4 is 11.1 Å². The molecule has 1 heterocycles. The molecule has 0 radical (unpaired) electrons. The van der Waals surface area contributed by atoms with Gasteiger partial charge in [-0.25, -0.2) is 0 Å². The second kappa shape index (κ2) is 5.36. The lowest BCUT2D eigenvalue weighted by Crippen LogP contribution is -2.47. The molecular weight excluding hydrogens is 184 g/mol. The zero-order valence-corrected chi connectivity index (χ0v) is 8.94. The molecule has 76 valence electrons. The predicted octanol–water partition coefficient (Wildman–Crippen LogP) is -0.933. The Hall–Kier alpha value is -0.390. The number of nitrogens with two attached hydrogens (primary N) is 1. The van der Waals surface area contributed by atoms with Gasteiger partial charge in [0.15, 0.2) is 5.11 Å². The molecule has 0 aromatic rings. The molecule has 0 spiro atoms. The van der Waals surface area contributed by atoms with Crippen molar-refractivity contribution >= 4 is 17.3 Å². The normalized spacial score (nSPS) is 20.1. The summed E-state index contributed by atoms with van der Waals surface area (Å²) in [4.78, 5) is 4.77. The van der Waals surface area contributed by atoms with E-state index in [1.54, 1.807) is 0 Å². The molecule has 1 rings (SSSR count). The highest BCUT2D eigenvalue weighted by molar-refractivity contribution is 7.80. The van der Waals surface area contributed by atoms with Gasteiger partial charge in [-0.3, -0.25) is 4.90 Å². The maximum Gasteiger partial charge on any atom is 0.163 e. The van der Waals surface area contributed by atoms with Crippen molar-refractivity contribution in [3.8, 4) is 0 Å². The molecule has 0 atom stereocenters. The van der Waals surface area contributed by atoms with E-state index in [1.165, 1.54) is 0 Å². The van der Waals surface area contributed by atoms with E-state index in [9.17, 15) is 0 Å². The van der Waals surface area contributed by atoms with Gasteiger partial charge < -0.3 is 16.0 Å².